The molecule has 0 aromatic carbocycles. The van der Waals surface area contributed by atoms with Crippen LogP contribution in [0.15, 0.2) is 25.2 Å². The predicted molar refractivity (Wildman–Crippen MR) is 107 cm³/mol. The first-order valence-corrected chi connectivity index (χ1v) is 10.4. The van der Waals surface area contributed by atoms with E-state index < -0.39 is 0 Å². The number of aromatic amines is 1. The molecule has 0 aliphatic carbocycles. The first kappa shape index (κ1) is 17.7. The third kappa shape index (κ3) is 2.80. The van der Waals surface area contributed by atoms with Gasteiger partial charge in [-0.05, 0) is 49.7 Å². The fourth-order valence-electron chi connectivity index (χ4n) is 5.36. The molecule has 5 heterocycles. The molecular weight excluding hydrogens is 354 g/mol. The second-order valence-electron chi connectivity index (χ2n) is 8.05. The van der Waals surface area contributed by atoms with E-state index in [2.05, 4.69) is 27.6 Å². The summed E-state index contributed by atoms with van der Waals surface area (Å²) < 4.78 is 5.56. The molecule has 7 nitrogen and oxygen atoms in total. The van der Waals surface area contributed by atoms with E-state index in [1.807, 2.05) is 4.90 Å². The number of likely N-dealkylation sites (tertiary alicyclic amines) is 1. The molecule has 0 unspecified atom stereocenters. The average Bonchev–Trinajstić information content (AvgIpc) is 3.38. The number of carbonyl (C=O) groups excluding carboxylic acids is 1. The van der Waals surface area contributed by atoms with E-state index in [4.69, 9.17) is 9.72 Å². The van der Waals surface area contributed by atoms with Crippen molar-refractivity contribution < 1.29 is 9.53 Å². The molecule has 7 heteroatoms. The number of aromatic nitrogens is 3. The third-order valence-electron chi connectivity index (χ3n) is 6.68. The lowest BCUT2D eigenvalue weighted by atomic mass is 9.91. The second kappa shape index (κ2) is 7.20. The van der Waals surface area contributed by atoms with Crippen LogP contribution in [0.4, 0.5) is 5.82 Å². The number of anilines is 1. The Balaban J connectivity index is 1.53. The maximum atomic E-state index is 12.3. The van der Waals surface area contributed by atoms with E-state index >= 15 is 0 Å². The molecule has 0 bridgehead atoms. The number of amides is 1. The smallest absolute Gasteiger partial charge is 0.246 e. The van der Waals surface area contributed by atoms with Gasteiger partial charge in [0, 0.05) is 32.5 Å². The van der Waals surface area contributed by atoms with E-state index in [1.54, 1.807) is 6.33 Å². The van der Waals surface area contributed by atoms with Crippen molar-refractivity contribution in [3.05, 3.63) is 30.7 Å². The summed E-state index contributed by atoms with van der Waals surface area (Å²) in [7, 11) is 0. The van der Waals surface area contributed by atoms with Crippen LogP contribution in [-0.2, 0) is 9.53 Å². The first-order valence-electron chi connectivity index (χ1n) is 10.4. The Kier molecular flexibility index (Phi) is 4.55. The molecule has 2 aromatic heterocycles. The number of fused-ring (bicyclic) bond motifs is 2. The van der Waals surface area contributed by atoms with Gasteiger partial charge in [0.25, 0.3) is 0 Å². The van der Waals surface area contributed by atoms with Crippen molar-refractivity contribution in [1.82, 2.24) is 19.9 Å². The van der Waals surface area contributed by atoms with Gasteiger partial charge < -0.3 is 19.5 Å². The Labute approximate surface area is 164 Å². The molecule has 5 rings (SSSR count). The second-order valence-corrected chi connectivity index (χ2v) is 8.05. The van der Waals surface area contributed by atoms with Crippen molar-refractivity contribution in [2.75, 3.05) is 31.2 Å². The number of piperidine rings is 1. The number of ether oxygens (including phenoxy) is 1. The summed E-state index contributed by atoms with van der Waals surface area (Å²) in [4.78, 5) is 29.3. The van der Waals surface area contributed by atoms with E-state index in [0.29, 0.717) is 12.0 Å². The maximum absolute atomic E-state index is 12.3. The standard InChI is InChI=1S/C21H27N5O2/c1-2-18(27)25-9-5-17-16(25)4-3-8-26(17)21-19-15(14-6-10-28-11-7-14)12-22-20(19)23-13-24-21/h2,12-14,16-17H,1,3-11H2,(H,22,23,24)/t16-,17-/m0/s1. The van der Waals surface area contributed by atoms with Gasteiger partial charge in [0.15, 0.2) is 0 Å². The highest BCUT2D eigenvalue weighted by Crippen LogP contribution is 2.40. The van der Waals surface area contributed by atoms with Crippen LogP contribution < -0.4 is 4.90 Å². The summed E-state index contributed by atoms with van der Waals surface area (Å²) in [6.45, 7) is 7.07. The van der Waals surface area contributed by atoms with E-state index in [-0.39, 0.29) is 11.9 Å². The van der Waals surface area contributed by atoms with Crippen LogP contribution in [0, 0.1) is 0 Å². The molecule has 0 spiro atoms. The quantitative estimate of drug-likeness (QED) is 0.828. The molecule has 2 atom stereocenters. The molecule has 3 aliphatic rings. The fourth-order valence-corrected chi connectivity index (χ4v) is 5.36. The number of nitrogens with zero attached hydrogens (tertiary/aromatic N) is 4. The Morgan fingerprint density at radius 1 is 1.18 bits per heavy atom. The molecule has 1 N–H and O–H groups in total. The van der Waals surface area contributed by atoms with Crippen LogP contribution in [0.5, 0.6) is 0 Å². The summed E-state index contributed by atoms with van der Waals surface area (Å²) >= 11 is 0. The Morgan fingerprint density at radius 2 is 2.04 bits per heavy atom. The largest absolute Gasteiger partial charge is 0.381 e. The topological polar surface area (TPSA) is 74.4 Å². The van der Waals surface area contributed by atoms with Crippen LogP contribution in [0.2, 0.25) is 0 Å². The van der Waals surface area contributed by atoms with Crippen molar-refractivity contribution in [3.63, 3.8) is 0 Å². The monoisotopic (exact) mass is 381 g/mol. The number of H-pyrrole nitrogens is 1. The summed E-state index contributed by atoms with van der Waals surface area (Å²) in [6, 6.07) is 0.558. The van der Waals surface area contributed by atoms with Crippen LogP contribution in [0.25, 0.3) is 11.0 Å². The van der Waals surface area contributed by atoms with Crippen molar-refractivity contribution in [2.45, 2.75) is 50.1 Å². The lowest BCUT2D eigenvalue weighted by Crippen LogP contribution is -2.51. The Morgan fingerprint density at radius 3 is 2.86 bits per heavy atom. The van der Waals surface area contributed by atoms with Gasteiger partial charge in [-0.15, -0.1) is 0 Å². The number of rotatable bonds is 3. The van der Waals surface area contributed by atoms with Crippen LogP contribution in [-0.4, -0.2) is 64.1 Å². The van der Waals surface area contributed by atoms with Gasteiger partial charge in [-0.2, -0.15) is 0 Å². The van der Waals surface area contributed by atoms with Gasteiger partial charge in [0.1, 0.15) is 17.8 Å². The van der Waals surface area contributed by atoms with Gasteiger partial charge in [-0.1, -0.05) is 6.58 Å². The van der Waals surface area contributed by atoms with E-state index in [9.17, 15) is 4.79 Å². The molecule has 148 valence electrons. The molecule has 1 amide bonds. The number of carbonyl (C=O) groups is 1. The van der Waals surface area contributed by atoms with Gasteiger partial charge in [0.05, 0.1) is 17.5 Å². The Hall–Kier alpha value is -2.41. The van der Waals surface area contributed by atoms with Crippen LogP contribution >= 0.6 is 0 Å². The predicted octanol–water partition coefficient (Wildman–Crippen LogP) is 2.61. The molecular formula is C21H27N5O2. The minimum Gasteiger partial charge on any atom is -0.381 e. The third-order valence-corrected chi connectivity index (χ3v) is 6.68. The minimum absolute atomic E-state index is 0.0479. The molecule has 3 saturated heterocycles. The molecule has 0 radical (unpaired) electrons. The summed E-state index contributed by atoms with van der Waals surface area (Å²) in [5.74, 6) is 1.55. The lowest BCUT2D eigenvalue weighted by molar-refractivity contribution is -0.127. The fraction of sp³-hybridized carbons (Fsp3) is 0.571. The van der Waals surface area contributed by atoms with Gasteiger partial charge >= 0.3 is 0 Å². The van der Waals surface area contributed by atoms with Gasteiger partial charge in [0.2, 0.25) is 5.91 Å². The average molecular weight is 381 g/mol. The maximum Gasteiger partial charge on any atom is 0.246 e. The van der Waals surface area contributed by atoms with Crippen molar-refractivity contribution in [3.8, 4) is 0 Å². The molecule has 3 aliphatic heterocycles. The molecule has 0 saturated carbocycles. The highest BCUT2D eigenvalue weighted by molar-refractivity contribution is 5.92. The highest BCUT2D eigenvalue weighted by Gasteiger charge is 2.42. The zero-order chi connectivity index (χ0) is 19.1. The molecule has 3 fully saturated rings. The number of nitrogens with one attached hydrogen (secondary N) is 1. The van der Waals surface area contributed by atoms with E-state index in [0.717, 1.165) is 75.3 Å². The number of hydrogen-bond donors (Lipinski definition) is 1. The van der Waals surface area contributed by atoms with Crippen LogP contribution in [0.3, 0.4) is 0 Å². The van der Waals surface area contributed by atoms with Gasteiger partial charge in [-0.25, -0.2) is 9.97 Å². The van der Waals surface area contributed by atoms with Gasteiger partial charge in [-0.3, -0.25) is 4.79 Å². The van der Waals surface area contributed by atoms with Crippen LogP contribution in [0.1, 0.15) is 43.6 Å². The zero-order valence-electron chi connectivity index (χ0n) is 16.1. The normalized spacial score (nSPS) is 25.9. The van der Waals surface area contributed by atoms with E-state index in [1.165, 1.54) is 11.6 Å². The SMILES string of the molecule is C=CC(=O)N1CC[C@H]2[C@@H]1CCCN2c1ncnc2[nH]cc(C3CCOCC3)c12. The summed E-state index contributed by atoms with van der Waals surface area (Å²) in [6.07, 6.45) is 10.4. The zero-order valence-corrected chi connectivity index (χ0v) is 16.1. The minimum atomic E-state index is 0.0479. The molecule has 28 heavy (non-hydrogen) atoms. The van der Waals surface area contributed by atoms with Crippen molar-refractivity contribution in [2.24, 2.45) is 0 Å². The lowest BCUT2D eigenvalue weighted by Gasteiger charge is -2.40. The number of hydrogen-bond acceptors (Lipinski definition) is 5. The molecule has 2 aromatic rings. The first-order chi connectivity index (χ1) is 13.8. The van der Waals surface area contributed by atoms with Crippen molar-refractivity contribution >= 4 is 22.8 Å². The Bertz CT molecular complexity index is 888. The van der Waals surface area contributed by atoms with Crippen molar-refractivity contribution in [1.29, 1.82) is 0 Å². The summed E-state index contributed by atoms with van der Waals surface area (Å²) in [5.41, 5.74) is 2.22. The highest BCUT2D eigenvalue weighted by atomic mass is 16.5. The summed E-state index contributed by atoms with van der Waals surface area (Å²) in [5, 5.41) is 1.16.